The Labute approximate surface area is 142 Å². The second-order valence-corrected chi connectivity index (χ2v) is 7.18. The molecule has 0 spiro atoms. The van der Waals surface area contributed by atoms with E-state index in [0.29, 0.717) is 11.3 Å². The molecule has 0 bridgehead atoms. The molecule has 0 amide bonds. The fraction of sp³-hybridized carbons (Fsp3) is 0.500. The SMILES string of the molecule is Cn1cnc(-c2ccc(OC3CCNCC3(C)C)c(C(N)O)c2)c1. The van der Waals surface area contributed by atoms with Gasteiger partial charge in [-0.05, 0) is 31.2 Å². The highest BCUT2D eigenvalue weighted by atomic mass is 16.5. The van der Waals surface area contributed by atoms with Crippen molar-refractivity contribution in [3.63, 3.8) is 0 Å². The molecular formula is C18H26N4O2. The van der Waals surface area contributed by atoms with E-state index in [1.807, 2.05) is 36.0 Å². The minimum Gasteiger partial charge on any atom is -0.489 e. The quantitative estimate of drug-likeness (QED) is 0.745. The van der Waals surface area contributed by atoms with Crippen molar-refractivity contribution in [1.29, 1.82) is 0 Å². The second kappa shape index (κ2) is 6.55. The fourth-order valence-corrected chi connectivity index (χ4v) is 3.13. The molecule has 1 aromatic carbocycles. The first-order valence-electron chi connectivity index (χ1n) is 8.30. The van der Waals surface area contributed by atoms with E-state index in [1.165, 1.54) is 0 Å². The van der Waals surface area contributed by atoms with Crippen LogP contribution >= 0.6 is 0 Å². The van der Waals surface area contributed by atoms with Crippen LogP contribution in [0.2, 0.25) is 0 Å². The van der Waals surface area contributed by atoms with Crippen molar-refractivity contribution in [3.05, 3.63) is 36.3 Å². The summed E-state index contributed by atoms with van der Waals surface area (Å²) in [5.41, 5.74) is 8.14. The van der Waals surface area contributed by atoms with Crippen LogP contribution < -0.4 is 15.8 Å². The fourth-order valence-electron chi connectivity index (χ4n) is 3.13. The molecule has 0 saturated carbocycles. The average molecular weight is 330 g/mol. The van der Waals surface area contributed by atoms with E-state index in [4.69, 9.17) is 10.5 Å². The highest BCUT2D eigenvalue weighted by Gasteiger charge is 2.34. The molecule has 0 radical (unpaired) electrons. The van der Waals surface area contributed by atoms with Crippen molar-refractivity contribution in [2.45, 2.75) is 32.6 Å². The first-order chi connectivity index (χ1) is 11.4. The molecule has 24 heavy (non-hydrogen) atoms. The van der Waals surface area contributed by atoms with Crippen LogP contribution in [0.1, 0.15) is 32.1 Å². The van der Waals surface area contributed by atoms with Crippen molar-refractivity contribution in [2.75, 3.05) is 13.1 Å². The van der Waals surface area contributed by atoms with Crippen molar-refractivity contribution in [3.8, 4) is 17.0 Å². The normalized spacial score (nSPS) is 21.5. The molecule has 1 aliphatic heterocycles. The molecule has 1 aromatic heterocycles. The Morgan fingerprint density at radius 2 is 2.25 bits per heavy atom. The summed E-state index contributed by atoms with van der Waals surface area (Å²) in [5, 5.41) is 13.4. The number of aliphatic hydroxyl groups excluding tert-OH is 1. The van der Waals surface area contributed by atoms with E-state index < -0.39 is 6.23 Å². The van der Waals surface area contributed by atoms with E-state index in [2.05, 4.69) is 24.1 Å². The summed E-state index contributed by atoms with van der Waals surface area (Å²) in [5.74, 6) is 0.643. The lowest BCUT2D eigenvalue weighted by atomic mass is 9.82. The van der Waals surface area contributed by atoms with Crippen LogP contribution in [0.5, 0.6) is 5.75 Å². The van der Waals surface area contributed by atoms with Gasteiger partial charge in [0.15, 0.2) is 0 Å². The first kappa shape index (κ1) is 17.0. The van der Waals surface area contributed by atoms with Crippen LogP contribution in [-0.4, -0.2) is 33.9 Å². The molecule has 4 N–H and O–H groups in total. The Morgan fingerprint density at radius 3 is 2.88 bits per heavy atom. The summed E-state index contributed by atoms with van der Waals surface area (Å²) in [6.45, 7) is 6.21. The standard InChI is InChI=1S/C18H26N4O2/c1-18(2)10-20-7-6-16(18)24-15-5-4-12(8-13(15)17(19)23)14-9-22(3)11-21-14/h4-5,8-9,11,16-17,20,23H,6-7,10,19H2,1-3H3. The lowest BCUT2D eigenvalue weighted by Gasteiger charge is -2.39. The number of aliphatic hydroxyl groups is 1. The third-order valence-corrected chi connectivity index (χ3v) is 4.63. The molecular weight excluding hydrogens is 304 g/mol. The maximum Gasteiger partial charge on any atom is 0.132 e. The number of piperidine rings is 1. The van der Waals surface area contributed by atoms with Crippen LogP contribution in [0.25, 0.3) is 11.3 Å². The zero-order chi connectivity index (χ0) is 17.3. The van der Waals surface area contributed by atoms with Gasteiger partial charge in [-0.25, -0.2) is 4.98 Å². The Morgan fingerprint density at radius 1 is 1.46 bits per heavy atom. The minimum absolute atomic E-state index is 0.0225. The molecule has 6 nitrogen and oxygen atoms in total. The number of ether oxygens (including phenoxy) is 1. The van der Waals surface area contributed by atoms with E-state index in [9.17, 15) is 5.11 Å². The summed E-state index contributed by atoms with van der Waals surface area (Å²) in [6.07, 6.45) is 3.59. The average Bonchev–Trinajstić information content (AvgIpc) is 2.96. The molecule has 2 unspecified atom stereocenters. The Balaban J connectivity index is 1.90. The van der Waals surface area contributed by atoms with Gasteiger partial charge < -0.3 is 25.5 Å². The smallest absolute Gasteiger partial charge is 0.132 e. The Bertz CT molecular complexity index is 709. The molecule has 1 fully saturated rings. The predicted molar refractivity (Wildman–Crippen MR) is 93.5 cm³/mol. The van der Waals surface area contributed by atoms with Crippen LogP contribution in [0.4, 0.5) is 0 Å². The van der Waals surface area contributed by atoms with Gasteiger partial charge in [-0.3, -0.25) is 0 Å². The molecule has 3 rings (SSSR count). The Hall–Kier alpha value is -1.89. The number of aromatic nitrogens is 2. The zero-order valence-electron chi connectivity index (χ0n) is 14.5. The molecule has 130 valence electrons. The maximum atomic E-state index is 10.0. The number of nitrogens with two attached hydrogens (primary N) is 1. The minimum atomic E-state index is -1.09. The van der Waals surface area contributed by atoms with Crippen molar-refractivity contribution < 1.29 is 9.84 Å². The number of benzene rings is 1. The summed E-state index contributed by atoms with van der Waals surface area (Å²) in [6, 6.07) is 5.70. The summed E-state index contributed by atoms with van der Waals surface area (Å²) < 4.78 is 8.14. The molecule has 2 atom stereocenters. The number of hydrogen-bond acceptors (Lipinski definition) is 5. The number of nitrogens with one attached hydrogen (secondary N) is 1. The summed E-state index contributed by atoms with van der Waals surface area (Å²) >= 11 is 0. The van der Waals surface area contributed by atoms with E-state index in [0.717, 1.165) is 30.8 Å². The number of nitrogens with zero attached hydrogens (tertiary/aromatic N) is 2. The van der Waals surface area contributed by atoms with Gasteiger partial charge in [0.1, 0.15) is 18.1 Å². The molecule has 2 aromatic rings. The number of aryl methyl sites for hydroxylation is 1. The molecule has 0 aliphatic carbocycles. The van der Waals surface area contributed by atoms with Gasteiger partial charge in [-0.1, -0.05) is 13.8 Å². The molecule has 6 heteroatoms. The lowest BCUT2D eigenvalue weighted by molar-refractivity contribution is 0.0419. The monoisotopic (exact) mass is 330 g/mol. The van der Waals surface area contributed by atoms with Gasteiger partial charge in [0.05, 0.1) is 12.0 Å². The van der Waals surface area contributed by atoms with E-state index in [1.54, 1.807) is 6.33 Å². The third kappa shape index (κ3) is 3.45. The van der Waals surface area contributed by atoms with E-state index in [-0.39, 0.29) is 11.5 Å². The van der Waals surface area contributed by atoms with Crippen molar-refractivity contribution in [2.24, 2.45) is 18.2 Å². The summed E-state index contributed by atoms with van der Waals surface area (Å²) in [7, 11) is 1.92. The van der Waals surface area contributed by atoms with Crippen molar-refractivity contribution in [1.82, 2.24) is 14.9 Å². The number of imidazole rings is 1. The largest absolute Gasteiger partial charge is 0.489 e. The van der Waals surface area contributed by atoms with Crippen LogP contribution in [0.3, 0.4) is 0 Å². The van der Waals surface area contributed by atoms with Crippen LogP contribution in [0, 0.1) is 5.41 Å². The van der Waals surface area contributed by atoms with Gasteiger partial charge in [-0.2, -0.15) is 0 Å². The van der Waals surface area contributed by atoms with Gasteiger partial charge in [0, 0.05) is 36.3 Å². The first-order valence-corrected chi connectivity index (χ1v) is 8.30. The molecule has 1 saturated heterocycles. The lowest BCUT2D eigenvalue weighted by Crippen LogP contribution is -2.49. The highest BCUT2D eigenvalue weighted by Crippen LogP contribution is 2.34. The van der Waals surface area contributed by atoms with E-state index >= 15 is 0 Å². The van der Waals surface area contributed by atoms with Crippen molar-refractivity contribution >= 4 is 0 Å². The zero-order valence-corrected chi connectivity index (χ0v) is 14.5. The molecule has 2 heterocycles. The number of rotatable bonds is 4. The topological polar surface area (TPSA) is 85.3 Å². The van der Waals surface area contributed by atoms with Gasteiger partial charge in [0.2, 0.25) is 0 Å². The van der Waals surface area contributed by atoms with Gasteiger partial charge >= 0.3 is 0 Å². The Kier molecular flexibility index (Phi) is 4.62. The summed E-state index contributed by atoms with van der Waals surface area (Å²) in [4.78, 5) is 4.35. The van der Waals surface area contributed by atoms with Crippen LogP contribution in [0.15, 0.2) is 30.7 Å². The van der Waals surface area contributed by atoms with Gasteiger partial charge in [-0.15, -0.1) is 0 Å². The van der Waals surface area contributed by atoms with Gasteiger partial charge in [0.25, 0.3) is 0 Å². The third-order valence-electron chi connectivity index (χ3n) is 4.63. The second-order valence-electron chi connectivity index (χ2n) is 7.18. The maximum absolute atomic E-state index is 10.0. The number of hydrogen-bond donors (Lipinski definition) is 3. The highest BCUT2D eigenvalue weighted by molar-refractivity contribution is 5.61. The predicted octanol–water partition coefficient (Wildman–Crippen LogP) is 1.80. The molecule has 1 aliphatic rings. The van der Waals surface area contributed by atoms with Crippen LogP contribution in [-0.2, 0) is 7.05 Å².